The average molecular weight is 476 g/mol. The molecule has 2 aromatic carbocycles. The zero-order valence-corrected chi connectivity index (χ0v) is 17.2. The number of halogens is 7. The summed E-state index contributed by atoms with van der Waals surface area (Å²) < 4.78 is 74.7. The van der Waals surface area contributed by atoms with E-state index in [1.807, 2.05) is 0 Å². The Labute approximate surface area is 183 Å². The zero-order valence-electron chi connectivity index (χ0n) is 15.7. The Hall–Kier alpha value is -2.71. The van der Waals surface area contributed by atoms with Gasteiger partial charge in [-0.1, -0.05) is 53.5 Å². The van der Waals surface area contributed by atoms with E-state index in [1.54, 1.807) is 30.3 Å². The molecule has 1 heterocycles. The molecule has 1 aromatic heterocycles. The molecule has 3 rings (SSSR count). The minimum Gasteiger partial charge on any atom is -0.483 e. The third kappa shape index (κ3) is 4.65. The van der Waals surface area contributed by atoms with Crippen LogP contribution in [0, 0.1) is 18.6 Å². The molecule has 0 bridgehead atoms. The minimum absolute atomic E-state index is 0.0380. The van der Waals surface area contributed by atoms with Crippen LogP contribution in [0.1, 0.15) is 32.6 Å². The number of rotatable bonds is 5. The van der Waals surface area contributed by atoms with Crippen LogP contribution in [0.25, 0.3) is 0 Å². The topological polar surface area (TPSA) is 39.2 Å². The molecule has 0 saturated carbocycles. The number of nitrogens with zero attached hydrogens (tertiary/aromatic N) is 1. The molecule has 0 aliphatic heterocycles. The zero-order chi connectivity index (χ0) is 22.9. The van der Waals surface area contributed by atoms with Crippen molar-refractivity contribution in [1.29, 1.82) is 0 Å². The Kier molecular flexibility index (Phi) is 6.52. The van der Waals surface area contributed by atoms with Gasteiger partial charge >= 0.3 is 6.18 Å². The molecule has 0 aliphatic rings. The summed E-state index contributed by atoms with van der Waals surface area (Å²) in [6.07, 6.45) is -4.31. The van der Waals surface area contributed by atoms with Gasteiger partial charge in [0.25, 0.3) is 0 Å². The van der Waals surface area contributed by atoms with Crippen LogP contribution in [-0.4, -0.2) is 10.8 Å². The summed E-state index contributed by atoms with van der Waals surface area (Å²) in [6.45, 7) is 0.997. The Morgan fingerprint density at radius 2 is 1.71 bits per heavy atom. The number of carbonyl (C=O) groups is 1. The van der Waals surface area contributed by atoms with Crippen molar-refractivity contribution < 1.29 is 31.5 Å². The molecular formula is C21H12Cl2F5NO2. The first-order chi connectivity index (χ1) is 14.5. The van der Waals surface area contributed by atoms with E-state index in [2.05, 4.69) is 4.98 Å². The summed E-state index contributed by atoms with van der Waals surface area (Å²) >= 11 is 11.8. The largest absolute Gasteiger partial charge is 0.483 e. The summed E-state index contributed by atoms with van der Waals surface area (Å²) in [5, 5.41) is -0.252. The molecule has 0 atom stereocenters. The molecule has 0 N–H and O–H groups in total. The fourth-order valence-corrected chi connectivity index (χ4v) is 3.13. The van der Waals surface area contributed by atoms with E-state index in [9.17, 15) is 22.4 Å². The van der Waals surface area contributed by atoms with Gasteiger partial charge in [-0.15, -0.1) is 0 Å². The molecule has 31 heavy (non-hydrogen) atoms. The van der Waals surface area contributed by atoms with Crippen molar-refractivity contribution in [1.82, 2.24) is 4.98 Å². The molecule has 3 nitrogen and oxygen atoms in total. The Balaban J connectivity index is 2.14. The molecule has 10 heteroatoms. The van der Waals surface area contributed by atoms with Crippen molar-refractivity contribution in [3.8, 4) is 5.75 Å². The number of hydrogen-bond acceptors (Lipinski definition) is 3. The maximum atomic E-state index is 15.0. The van der Waals surface area contributed by atoms with E-state index in [4.69, 9.17) is 27.9 Å². The monoisotopic (exact) mass is 475 g/mol. The van der Waals surface area contributed by atoms with Gasteiger partial charge in [-0.25, -0.2) is 13.8 Å². The average Bonchev–Trinajstić information content (AvgIpc) is 2.71. The molecule has 3 aromatic rings. The molecule has 0 saturated heterocycles. The highest BCUT2D eigenvalue weighted by molar-refractivity contribution is 6.38. The standard InChI is InChI=1S/C21H12Cl2F5NO2/c1-10-15(22)13(8-29-20(10)23)18(30)12-7-14(21(26,27)28)17(25)19(16(12)24)31-9-11-5-3-2-4-6-11/h2-8H,9H2,1H3. The number of ether oxygens (including phenoxy) is 1. The van der Waals surface area contributed by atoms with Crippen molar-refractivity contribution in [3.05, 3.63) is 92.2 Å². The molecule has 0 fully saturated rings. The minimum atomic E-state index is -5.21. The molecule has 0 aliphatic carbocycles. The maximum Gasteiger partial charge on any atom is 0.419 e. The van der Waals surface area contributed by atoms with Gasteiger partial charge in [-0.05, 0) is 18.6 Å². The summed E-state index contributed by atoms with van der Waals surface area (Å²) in [4.78, 5) is 16.5. The van der Waals surface area contributed by atoms with Crippen molar-refractivity contribution in [3.63, 3.8) is 0 Å². The quantitative estimate of drug-likeness (QED) is 0.231. The number of alkyl halides is 3. The molecule has 0 unspecified atom stereocenters. The molecular weight excluding hydrogens is 464 g/mol. The SMILES string of the molecule is Cc1c(Cl)ncc(C(=O)c2cc(C(F)(F)F)c(F)c(OCc3ccccc3)c2F)c1Cl. The van der Waals surface area contributed by atoms with Gasteiger partial charge in [-0.3, -0.25) is 4.79 Å². The van der Waals surface area contributed by atoms with E-state index in [0.29, 0.717) is 5.56 Å². The van der Waals surface area contributed by atoms with Gasteiger partial charge < -0.3 is 4.74 Å². The first kappa shape index (κ1) is 23.0. The van der Waals surface area contributed by atoms with Crippen LogP contribution < -0.4 is 4.74 Å². The van der Waals surface area contributed by atoms with Gasteiger partial charge in [0, 0.05) is 11.8 Å². The van der Waals surface area contributed by atoms with E-state index < -0.39 is 52.6 Å². The van der Waals surface area contributed by atoms with Gasteiger partial charge in [0.15, 0.2) is 23.2 Å². The van der Waals surface area contributed by atoms with Crippen molar-refractivity contribution in [2.75, 3.05) is 0 Å². The van der Waals surface area contributed by atoms with Crippen LogP contribution in [0.3, 0.4) is 0 Å². The van der Waals surface area contributed by atoms with Crippen LogP contribution in [0.4, 0.5) is 22.0 Å². The van der Waals surface area contributed by atoms with Gasteiger partial charge in [0.05, 0.1) is 21.7 Å². The lowest BCUT2D eigenvalue weighted by Gasteiger charge is -2.16. The smallest absolute Gasteiger partial charge is 0.419 e. The predicted molar refractivity (Wildman–Crippen MR) is 105 cm³/mol. The fraction of sp³-hybridized carbons (Fsp3) is 0.143. The normalized spacial score (nSPS) is 11.5. The Morgan fingerprint density at radius 1 is 1.06 bits per heavy atom. The van der Waals surface area contributed by atoms with E-state index in [0.717, 1.165) is 6.20 Å². The maximum absolute atomic E-state index is 15.0. The van der Waals surface area contributed by atoms with E-state index >= 15 is 4.39 Å². The second kappa shape index (κ2) is 8.80. The molecule has 162 valence electrons. The summed E-state index contributed by atoms with van der Waals surface area (Å²) in [5.74, 6) is -6.11. The third-order valence-electron chi connectivity index (χ3n) is 4.36. The van der Waals surface area contributed by atoms with Crippen LogP contribution in [0.2, 0.25) is 10.2 Å². The highest BCUT2D eigenvalue weighted by Crippen LogP contribution is 2.39. The molecule has 0 amide bonds. The number of pyridine rings is 1. The van der Waals surface area contributed by atoms with E-state index in [1.165, 1.54) is 6.92 Å². The van der Waals surface area contributed by atoms with Gasteiger partial charge in [0.1, 0.15) is 11.8 Å². The predicted octanol–water partition coefficient (Wildman–Crippen LogP) is 6.80. The summed E-state index contributed by atoms with van der Waals surface area (Å²) in [6, 6.07) is 8.10. The van der Waals surface area contributed by atoms with Crippen LogP contribution in [0.5, 0.6) is 5.75 Å². The second-order valence-corrected chi connectivity index (χ2v) is 7.17. The fourth-order valence-electron chi connectivity index (χ4n) is 2.71. The number of hydrogen-bond donors (Lipinski definition) is 0. The first-order valence-corrected chi connectivity index (χ1v) is 9.39. The highest BCUT2D eigenvalue weighted by atomic mass is 35.5. The number of carbonyl (C=O) groups excluding carboxylic acids is 1. The number of aromatic nitrogens is 1. The summed E-state index contributed by atoms with van der Waals surface area (Å²) in [5.41, 5.74) is -2.69. The van der Waals surface area contributed by atoms with Crippen molar-refractivity contribution >= 4 is 29.0 Å². The molecule has 0 radical (unpaired) electrons. The Bertz CT molecular complexity index is 1150. The Morgan fingerprint density at radius 3 is 2.32 bits per heavy atom. The van der Waals surface area contributed by atoms with Crippen molar-refractivity contribution in [2.24, 2.45) is 0 Å². The third-order valence-corrected chi connectivity index (χ3v) is 5.23. The van der Waals surface area contributed by atoms with E-state index in [-0.39, 0.29) is 21.8 Å². The first-order valence-electron chi connectivity index (χ1n) is 8.63. The van der Waals surface area contributed by atoms with Crippen LogP contribution in [0.15, 0.2) is 42.6 Å². The number of benzene rings is 2. The van der Waals surface area contributed by atoms with Gasteiger partial charge in [-0.2, -0.15) is 13.2 Å². The lowest BCUT2D eigenvalue weighted by atomic mass is 9.99. The van der Waals surface area contributed by atoms with Crippen LogP contribution >= 0.6 is 23.2 Å². The van der Waals surface area contributed by atoms with Gasteiger partial charge in [0.2, 0.25) is 0 Å². The lowest BCUT2D eigenvalue weighted by Crippen LogP contribution is -2.16. The lowest BCUT2D eigenvalue weighted by molar-refractivity contribution is -0.140. The van der Waals surface area contributed by atoms with Crippen LogP contribution in [-0.2, 0) is 12.8 Å². The second-order valence-electron chi connectivity index (χ2n) is 6.43. The highest BCUT2D eigenvalue weighted by Gasteiger charge is 2.39. The molecule has 0 spiro atoms. The van der Waals surface area contributed by atoms with Crippen molar-refractivity contribution in [2.45, 2.75) is 19.7 Å². The summed E-state index contributed by atoms with van der Waals surface area (Å²) in [7, 11) is 0. The number of ketones is 1.